The highest BCUT2D eigenvalue weighted by molar-refractivity contribution is 7.89. The van der Waals surface area contributed by atoms with E-state index in [9.17, 15) is 13.2 Å². The molecule has 1 aliphatic rings. The van der Waals surface area contributed by atoms with E-state index in [0.717, 1.165) is 5.69 Å². The van der Waals surface area contributed by atoms with Crippen LogP contribution in [0.15, 0.2) is 42.5 Å². The summed E-state index contributed by atoms with van der Waals surface area (Å²) in [7, 11) is -3.17. The van der Waals surface area contributed by atoms with Gasteiger partial charge in [0.2, 0.25) is 0 Å². The molecule has 0 saturated carbocycles. The fourth-order valence-electron chi connectivity index (χ4n) is 3.02. The number of rotatable bonds is 5. The van der Waals surface area contributed by atoms with Crippen LogP contribution < -0.4 is 10.2 Å². The molecular formula is C19H21ClN2O4S. The second-order valence-corrected chi connectivity index (χ2v) is 9.01. The summed E-state index contributed by atoms with van der Waals surface area (Å²) in [5.41, 5.74) is 2.35. The zero-order chi connectivity index (χ0) is 19.4. The standard InChI is InChI=1S/C19H21ClN2O4S/c1-27(24,25)13-14-4-2-5-15(12-14)19(23)21-17-7-3-6-16(20)18(17)22-8-10-26-11-9-22/h2-7,12H,8-11,13H2,1H3,(H,21,23). The summed E-state index contributed by atoms with van der Waals surface area (Å²) >= 11 is 6.39. The van der Waals surface area contributed by atoms with Crippen molar-refractivity contribution in [1.29, 1.82) is 0 Å². The Hall–Kier alpha value is -2.09. The lowest BCUT2D eigenvalue weighted by Gasteiger charge is -2.31. The van der Waals surface area contributed by atoms with E-state index in [2.05, 4.69) is 10.2 Å². The van der Waals surface area contributed by atoms with Gasteiger partial charge in [-0.05, 0) is 29.8 Å². The lowest BCUT2D eigenvalue weighted by atomic mass is 10.1. The maximum absolute atomic E-state index is 12.7. The second-order valence-electron chi connectivity index (χ2n) is 6.46. The van der Waals surface area contributed by atoms with Gasteiger partial charge in [0, 0.05) is 24.9 Å². The van der Waals surface area contributed by atoms with Gasteiger partial charge in [-0.25, -0.2) is 8.42 Å². The average molecular weight is 409 g/mol. The van der Waals surface area contributed by atoms with Crippen LogP contribution in [0.4, 0.5) is 11.4 Å². The number of hydrogen-bond donors (Lipinski definition) is 1. The number of carbonyl (C=O) groups excluding carboxylic acids is 1. The number of hydrogen-bond acceptors (Lipinski definition) is 5. The Bertz CT molecular complexity index is 940. The van der Waals surface area contributed by atoms with Crippen molar-refractivity contribution >= 4 is 38.7 Å². The highest BCUT2D eigenvalue weighted by atomic mass is 35.5. The molecule has 2 aromatic carbocycles. The smallest absolute Gasteiger partial charge is 0.255 e. The summed E-state index contributed by atoms with van der Waals surface area (Å²) in [5.74, 6) is -0.424. The van der Waals surface area contributed by atoms with E-state index < -0.39 is 9.84 Å². The number of benzene rings is 2. The van der Waals surface area contributed by atoms with Crippen molar-refractivity contribution in [3.05, 3.63) is 58.6 Å². The minimum atomic E-state index is -3.17. The van der Waals surface area contributed by atoms with Crippen molar-refractivity contribution in [3.63, 3.8) is 0 Å². The molecule has 0 unspecified atom stereocenters. The molecule has 1 heterocycles. The topological polar surface area (TPSA) is 75.7 Å². The Morgan fingerprint density at radius 1 is 1.19 bits per heavy atom. The lowest BCUT2D eigenvalue weighted by Crippen LogP contribution is -2.37. The predicted molar refractivity (Wildman–Crippen MR) is 107 cm³/mol. The third-order valence-corrected chi connectivity index (χ3v) is 5.34. The number of para-hydroxylation sites is 1. The Kier molecular flexibility index (Phi) is 6.04. The number of amides is 1. The Labute approximate surface area is 164 Å². The van der Waals surface area contributed by atoms with Crippen molar-refractivity contribution in [1.82, 2.24) is 0 Å². The van der Waals surface area contributed by atoms with Crippen molar-refractivity contribution < 1.29 is 17.9 Å². The molecule has 2 aromatic rings. The van der Waals surface area contributed by atoms with E-state index in [1.54, 1.807) is 42.5 Å². The molecule has 1 saturated heterocycles. The Morgan fingerprint density at radius 2 is 1.89 bits per heavy atom. The van der Waals surface area contributed by atoms with Crippen molar-refractivity contribution in [3.8, 4) is 0 Å². The van der Waals surface area contributed by atoms with Crippen LogP contribution >= 0.6 is 11.6 Å². The summed E-state index contributed by atoms with van der Waals surface area (Å²) < 4.78 is 28.4. The second kappa shape index (κ2) is 8.29. The van der Waals surface area contributed by atoms with Gasteiger partial charge in [-0.1, -0.05) is 29.8 Å². The van der Waals surface area contributed by atoms with Gasteiger partial charge in [0.05, 0.1) is 35.4 Å². The maximum atomic E-state index is 12.7. The highest BCUT2D eigenvalue weighted by Crippen LogP contribution is 2.34. The minimum Gasteiger partial charge on any atom is -0.378 e. The van der Waals surface area contributed by atoms with Gasteiger partial charge in [-0.15, -0.1) is 0 Å². The number of ether oxygens (including phenoxy) is 1. The van der Waals surface area contributed by atoms with Crippen LogP contribution in [0.3, 0.4) is 0 Å². The molecule has 8 heteroatoms. The zero-order valence-electron chi connectivity index (χ0n) is 14.9. The quantitative estimate of drug-likeness (QED) is 0.823. The van der Waals surface area contributed by atoms with E-state index in [1.165, 1.54) is 6.26 Å². The van der Waals surface area contributed by atoms with Crippen LogP contribution in [0.1, 0.15) is 15.9 Å². The number of halogens is 1. The van der Waals surface area contributed by atoms with E-state index in [-0.39, 0.29) is 11.7 Å². The molecule has 3 rings (SSSR count). The Morgan fingerprint density at radius 3 is 2.59 bits per heavy atom. The summed E-state index contributed by atoms with van der Waals surface area (Å²) in [6, 6.07) is 12.0. The molecule has 0 bridgehead atoms. The largest absolute Gasteiger partial charge is 0.378 e. The van der Waals surface area contributed by atoms with Gasteiger partial charge >= 0.3 is 0 Å². The van der Waals surface area contributed by atoms with Gasteiger partial charge in [-0.3, -0.25) is 4.79 Å². The molecule has 0 aliphatic carbocycles. The van der Waals surface area contributed by atoms with Gasteiger partial charge in [0.25, 0.3) is 5.91 Å². The molecular weight excluding hydrogens is 388 g/mol. The number of sulfone groups is 1. The summed E-state index contributed by atoms with van der Waals surface area (Å²) in [5, 5.41) is 3.46. The first-order valence-electron chi connectivity index (χ1n) is 8.53. The third-order valence-electron chi connectivity index (χ3n) is 4.18. The van der Waals surface area contributed by atoms with Crippen LogP contribution in [0, 0.1) is 0 Å². The summed E-state index contributed by atoms with van der Waals surface area (Å²) in [6.45, 7) is 2.59. The third kappa shape index (κ3) is 5.22. The molecule has 1 aliphatic heterocycles. The van der Waals surface area contributed by atoms with E-state index >= 15 is 0 Å². The average Bonchev–Trinajstić information content (AvgIpc) is 2.61. The molecule has 0 radical (unpaired) electrons. The number of nitrogens with one attached hydrogen (secondary N) is 1. The minimum absolute atomic E-state index is 0.107. The molecule has 6 nitrogen and oxygen atoms in total. The number of anilines is 2. The van der Waals surface area contributed by atoms with Crippen molar-refractivity contribution in [2.75, 3.05) is 42.8 Å². The molecule has 1 amide bonds. The molecule has 1 fully saturated rings. The van der Waals surface area contributed by atoms with Gasteiger partial charge in [-0.2, -0.15) is 0 Å². The van der Waals surface area contributed by atoms with Gasteiger partial charge in [0.1, 0.15) is 0 Å². The Balaban J connectivity index is 1.84. The molecule has 0 atom stereocenters. The van der Waals surface area contributed by atoms with Crippen LogP contribution in [0.5, 0.6) is 0 Å². The summed E-state index contributed by atoms with van der Waals surface area (Å²) in [4.78, 5) is 14.8. The van der Waals surface area contributed by atoms with Gasteiger partial charge < -0.3 is 15.0 Å². The normalized spacial score (nSPS) is 14.8. The van der Waals surface area contributed by atoms with E-state index in [1.807, 2.05) is 0 Å². The maximum Gasteiger partial charge on any atom is 0.255 e. The SMILES string of the molecule is CS(=O)(=O)Cc1cccc(C(=O)Nc2cccc(Cl)c2N2CCOCC2)c1. The fraction of sp³-hybridized carbons (Fsp3) is 0.316. The van der Waals surface area contributed by atoms with Gasteiger partial charge in [0.15, 0.2) is 9.84 Å². The lowest BCUT2D eigenvalue weighted by molar-refractivity contribution is 0.102. The number of carbonyl (C=O) groups is 1. The van der Waals surface area contributed by atoms with E-state index in [0.29, 0.717) is 48.1 Å². The highest BCUT2D eigenvalue weighted by Gasteiger charge is 2.19. The first kappa shape index (κ1) is 19.7. The first-order valence-corrected chi connectivity index (χ1v) is 11.0. The number of nitrogens with zero attached hydrogens (tertiary/aromatic N) is 1. The molecule has 1 N–H and O–H groups in total. The molecule has 144 valence electrons. The number of morpholine rings is 1. The molecule has 0 spiro atoms. The predicted octanol–water partition coefficient (Wildman–Crippen LogP) is 2.97. The fourth-order valence-corrected chi connectivity index (χ4v) is 4.10. The van der Waals surface area contributed by atoms with Crippen molar-refractivity contribution in [2.45, 2.75) is 5.75 Å². The van der Waals surface area contributed by atoms with Crippen LogP contribution in [0.25, 0.3) is 0 Å². The van der Waals surface area contributed by atoms with E-state index in [4.69, 9.17) is 16.3 Å². The first-order chi connectivity index (χ1) is 12.8. The zero-order valence-corrected chi connectivity index (χ0v) is 16.5. The van der Waals surface area contributed by atoms with Crippen molar-refractivity contribution in [2.24, 2.45) is 0 Å². The monoisotopic (exact) mass is 408 g/mol. The summed E-state index contributed by atoms with van der Waals surface area (Å²) in [6.07, 6.45) is 1.17. The van der Waals surface area contributed by atoms with Crippen LogP contribution in [-0.4, -0.2) is 46.9 Å². The van der Waals surface area contributed by atoms with Crippen LogP contribution in [-0.2, 0) is 20.3 Å². The molecule has 0 aromatic heterocycles. The molecule has 27 heavy (non-hydrogen) atoms. The van der Waals surface area contributed by atoms with Crippen LogP contribution in [0.2, 0.25) is 5.02 Å².